The molecule has 2 aromatic heterocycles. The molecule has 4 N–H and O–H groups in total. The van der Waals surface area contributed by atoms with Gasteiger partial charge in [0.2, 0.25) is 0 Å². The summed E-state index contributed by atoms with van der Waals surface area (Å²) in [5.41, 5.74) is 6.63. The van der Waals surface area contributed by atoms with Crippen LogP contribution in [0.1, 0.15) is 11.4 Å². The van der Waals surface area contributed by atoms with Gasteiger partial charge in [-0.2, -0.15) is 10.2 Å². The number of hydrogen-bond acceptors (Lipinski definition) is 4. The third-order valence-electron chi connectivity index (χ3n) is 4.73. The van der Waals surface area contributed by atoms with Gasteiger partial charge >= 0.3 is 0 Å². The summed E-state index contributed by atoms with van der Waals surface area (Å²) in [4.78, 5) is 0. The minimum atomic E-state index is 0. The molecule has 0 bridgehead atoms. The fraction of sp³-hybridized carbons (Fsp3) is 0.182. The summed E-state index contributed by atoms with van der Waals surface area (Å²) in [6, 6.07) is 20.6. The average molecular weight is 445 g/mol. The molecule has 0 aliphatic rings. The lowest BCUT2D eigenvalue weighted by Crippen LogP contribution is -2.15. The number of rotatable bonds is 7. The largest absolute Gasteiger partial charge is 0.366 e. The maximum atomic E-state index is 4.42. The van der Waals surface area contributed by atoms with Crippen LogP contribution in [-0.4, -0.2) is 33.5 Å². The van der Waals surface area contributed by atoms with Gasteiger partial charge in [0, 0.05) is 35.6 Å². The molecule has 0 aliphatic carbocycles. The Labute approximate surface area is 188 Å². The van der Waals surface area contributed by atoms with Crippen LogP contribution in [0.4, 0.5) is 11.6 Å². The summed E-state index contributed by atoms with van der Waals surface area (Å²) in [7, 11) is 0. The van der Waals surface area contributed by atoms with Crippen LogP contribution in [0.15, 0.2) is 60.7 Å². The molecule has 8 heteroatoms. The quantitative estimate of drug-likeness (QED) is 0.285. The van der Waals surface area contributed by atoms with Crippen molar-refractivity contribution in [1.29, 1.82) is 0 Å². The molecular weight excluding hydrogens is 419 g/mol. The standard InChI is InChI=1S/C22H24N6.2ClH/c1-15-19(17-9-5-3-6-10-17)21(27-25-15)23-13-14-24-22-20(16(2)26-28-22)18-11-7-4-8-12-18;;/h3-12H,13-14H2,1-2H3,(H2,23,25,27)(H2,24,26,28);2*1H. The van der Waals surface area contributed by atoms with Crippen molar-refractivity contribution < 1.29 is 0 Å². The second kappa shape index (κ2) is 10.7. The van der Waals surface area contributed by atoms with Gasteiger partial charge in [-0.1, -0.05) is 60.7 Å². The molecule has 2 heterocycles. The Balaban J connectivity index is 0.00000160. The van der Waals surface area contributed by atoms with Crippen LogP contribution in [0.3, 0.4) is 0 Å². The third-order valence-corrected chi connectivity index (χ3v) is 4.73. The summed E-state index contributed by atoms with van der Waals surface area (Å²) in [6.45, 7) is 5.53. The van der Waals surface area contributed by atoms with Crippen LogP contribution in [-0.2, 0) is 0 Å². The van der Waals surface area contributed by atoms with Crippen molar-refractivity contribution in [3.63, 3.8) is 0 Å². The predicted octanol–water partition coefficient (Wildman–Crippen LogP) is 5.45. The van der Waals surface area contributed by atoms with Crippen molar-refractivity contribution in [3.8, 4) is 22.3 Å². The SMILES string of the molecule is Cc1[nH]nc(NCCNc2n[nH]c(C)c2-c2ccccc2)c1-c1ccccc1.Cl.Cl. The van der Waals surface area contributed by atoms with Gasteiger partial charge in [-0.05, 0) is 25.0 Å². The highest BCUT2D eigenvalue weighted by molar-refractivity contribution is 5.85. The monoisotopic (exact) mass is 444 g/mol. The highest BCUT2D eigenvalue weighted by Gasteiger charge is 2.13. The van der Waals surface area contributed by atoms with Gasteiger partial charge in [0.1, 0.15) is 0 Å². The summed E-state index contributed by atoms with van der Waals surface area (Å²) in [6.07, 6.45) is 0. The zero-order valence-electron chi connectivity index (χ0n) is 16.9. The Hall–Kier alpha value is -2.96. The predicted molar refractivity (Wildman–Crippen MR) is 129 cm³/mol. The third kappa shape index (κ3) is 4.96. The molecule has 0 aliphatic heterocycles. The highest BCUT2D eigenvalue weighted by atomic mass is 35.5. The molecule has 0 spiro atoms. The number of H-pyrrole nitrogens is 2. The topological polar surface area (TPSA) is 81.4 Å². The van der Waals surface area contributed by atoms with Gasteiger partial charge in [0.15, 0.2) is 11.6 Å². The fourth-order valence-electron chi connectivity index (χ4n) is 3.39. The molecule has 6 nitrogen and oxygen atoms in total. The molecule has 158 valence electrons. The average Bonchev–Trinajstić information content (AvgIpc) is 3.29. The minimum Gasteiger partial charge on any atom is -0.366 e. The number of nitrogens with zero attached hydrogens (tertiary/aromatic N) is 2. The first-order valence-electron chi connectivity index (χ1n) is 9.42. The molecule has 0 saturated carbocycles. The maximum Gasteiger partial charge on any atom is 0.156 e. The van der Waals surface area contributed by atoms with E-state index in [9.17, 15) is 0 Å². The number of nitrogens with one attached hydrogen (secondary N) is 4. The summed E-state index contributed by atoms with van der Waals surface area (Å²) in [5, 5.41) is 21.8. The number of aromatic amines is 2. The van der Waals surface area contributed by atoms with Crippen LogP contribution < -0.4 is 10.6 Å². The molecule has 4 aromatic rings. The van der Waals surface area contributed by atoms with Gasteiger partial charge in [-0.25, -0.2) is 0 Å². The smallest absolute Gasteiger partial charge is 0.156 e. The Kier molecular flexibility index (Phi) is 8.33. The first kappa shape index (κ1) is 23.3. The number of anilines is 2. The molecule has 4 rings (SSSR count). The van der Waals surface area contributed by atoms with Gasteiger partial charge in [0.05, 0.1) is 0 Å². The second-order valence-electron chi connectivity index (χ2n) is 6.73. The van der Waals surface area contributed by atoms with E-state index in [0.29, 0.717) is 0 Å². The lowest BCUT2D eigenvalue weighted by Gasteiger charge is -2.09. The Morgan fingerprint density at radius 1 is 0.633 bits per heavy atom. The van der Waals surface area contributed by atoms with E-state index in [1.165, 1.54) is 0 Å². The molecule has 0 atom stereocenters. The van der Waals surface area contributed by atoms with Gasteiger partial charge < -0.3 is 10.6 Å². The Morgan fingerprint density at radius 2 is 1.00 bits per heavy atom. The lowest BCUT2D eigenvalue weighted by atomic mass is 10.1. The Morgan fingerprint density at radius 3 is 1.37 bits per heavy atom. The first-order chi connectivity index (χ1) is 13.7. The van der Waals surface area contributed by atoms with Crippen LogP contribution in [0.25, 0.3) is 22.3 Å². The molecule has 0 saturated heterocycles. The van der Waals surface area contributed by atoms with E-state index in [1.54, 1.807) is 0 Å². The van der Waals surface area contributed by atoms with Crippen molar-refractivity contribution >= 4 is 36.4 Å². The van der Waals surface area contributed by atoms with E-state index in [0.717, 1.165) is 58.4 Å². The van der Waals surface area contributed by atoms with E-state index in [2.05, 4.69) is 55.3 Å². The van der Waals surface area contributed by atoms with Gasteiger partial charge in [-0.3, -0.25) is 10.2 Å². The number of aromatic nitrogens is 4. The summed E-state index contributed by atoms with van der Waals surface area (Å²) in [5.74, 6) is 1.74. The molecule has 2 aromatic carbocycles. The van der Waals surface area contributed by atoms with Crippen molar-refractivity contribution in [2.24, 2.45) is 0 Å². The van der Waals surface area contributed by atoms with Crippen molar-refractivity contribution in [1.82, 2.24) is 20.4 Å². The van der Waals surface area contributed by atoms with E-state index >= 15 is 0 Å². The summed E-state index contributed by atoms with van der Waals surface area (Å²) < 4.78 is 0. The van der Waals surface area contributed by atoms with Crippen molar-refractivity contribution in [2.75, 3.05) is 23.7 Å². The Bertz CT molecular complexity index is 958. The van der Waals surface area contributed by atoms with Gasteiger partial charge in [-0.15, -0.1) is 24.8 Å². The summed E-state index contributed by atoms with van der Waals surface area (Å²) >= 11 is 0. The molecule has 0 amide bonds. The second-order valence-corrected chi connectivity index (χ2v) is 6.73. The highest BCUT2D eigenvalue weighted by Crippen LogP contribution is 2.30. The lowest BCUT2D eigenvalue weighted by molar-refractivity contribution is 0.996. The van der Waals surface area contributed by atoms with Crippen molar-refractivity contribution in [2.45, 2.75) is 13.8 Å². The zero-order chi connectivity index (χ0) is 19.3. The first-order valence-corrected chi connectivity index (χ1v) is 9.42. The van der Waals surface area contributed by atoms with E-state index < -0.39 is 0 Å². The van der Waals surface area contributed by atoms with Crippen LogP contribution in [0.2, 0.25) is 0 Å². The normalized spacial score (nSPS) is 10.1. The van der Waals surface area contributed by atoms with E-state index in [-0.39, 0.29) is 24.8 Å². The molecule has 0 fully saturated rings. The minimum absolute atomic E-state index is 0. The molecular formula is C22H26Cl2N6. The molecule has 30 heavy (non-hydrogen) atoms. The number of hydrogen-bond donors (Lipinski definition) is 4. The van der Waals surface area contributed by atoms with Crippen LogP contribution in [0.5, 0.6) is 0 Å². The van der Waals surface area contributed by atoms with E-state index in [1.807, 2.05) is 50.2 Å². The number of halogens is 2. The molecule has 0 radical (unpaired) electrons. The zero-order valence-corrected chi connectivity index (χ0v) is 18.5. The molecule has 0 unspecified atom stereocenters. The maximum absolute atomic E-state index is 4.42. The number of aryl methyl sites for hydroxylation is 2. The number of benzene rings is 2. The van der Waals surface area contributed by atoms with Crippen molar-refractivity contribution in [3.05, 3.63) is 72.1 Å². The van der Waals surface area contributed by atoms with Gasteiger partial charge in [0.25, 0.3) is 0 Å². The van der Waals surface area contributed by atoms with E-state index in [4.69, 9.17) is 0 Å². The fourth-order valence-corrected chi connectivity index (χ4v) is 3.39. The van der Waals surface area contributed by atoms with Crippen LogP contribution >= 0.6 is 24.8 Å². The van der Waals surface area contributed by atoms with Crippen LogP contribution in [0, 0.1) is 13.8 Å².